The lowest BCUT2D eigenvalue weighted by Gasteiger charge is -2.26. The van der Waals surface area contributed by atoms with Crippen LogP contribution < -0.4 is 5.32 Å². The average molecular weight is 182 g/mol. The number of hydrogen-bond acceptors (Lipinski definition) is 5. The zero-order chi connectivity index (χ0) is 8.93. The van der Waals surface area contributed by atoms with Crippen LogP contribution in [-0.2, 0) is 6.42 Å². The van der Waals surface area contributed by atoms with E-state index >= 15 is 0 Å². The SMILES string of the molecule is c1noc(CCN2CCNCC2)n1. The monoisotopic (exact) mass is 182 g/mol. The van der Waals surface area contributed by atoms with E-state index in [4.69, 9.17) is 4.52 Å². The number of nitrogens with zero attached hydrogens (tertiary/aromatic N) is 3. The third-order valence-corrected chi connectivity index (χ3v) is 2.26. The van der Waals surface area contributed by atoms with Crippen molar-refractivity contribution >= 4 is 0 Å². The molecular formula is C8H14N4O. The third kappa shape index (κ3) is 2.50. The Bertz CT molecular complexity index is 230. The molecule has 1 aliphatic rings. The first kappa shape index (κ1) is 8.65. The largest absolute Gasteiger partial charge is 0.340 e. The van der Waals surface area contributed by atoms with Crippen molar-refractivity contribution in [2.75, 3.05) is 32.7 Å². The number of hydrogen-bond donors (Lipinski definition) is 1. The van der Waals surface area contributed by atoms with Crippen LogP contribution in [0.1, 0.15) is 5.89 Å². The molecule has 0 saturated carbocycles. The van der Waals surface area contributed by atoms with Crippen LogP contribution in [-0.4, -0.2) is 47.8 Å². The van der Waals surface area contributed by atoms with E-state index in [0.29, 0.717) is 0 Å². The van der Waals surface area contributed by atoms with Crippen LogP contribution in [0.25, 0.3) is 0 Å². The Hall–Kier alpha value is -0.940. The lowest BCUT2D eigenvalue weighted by Crippen LogP contribution is -2.44. The predicted octanol–water partition coefficient (Wildman–Crippen LogP) is -0.483. The molecule has 13 heavy (non-hydrogen) atoms. The fourth-order valence-electron chi connectivity index (χ4n) is 1.49. The van der Waals surface area contributed by atoms with Gasteiger partial charge in [0.2, 0.25) is 5.89 Å². The maximum atomic E-state index is 4.92. The van der Waals surface area contributed by atoms with Crippen LogP contribution in [0.3, 0.4) is 0 Å². The highest BCUT2D eigenvalue weighted by atomic mass is 16.5. The van der Waals surface area contributed by atoms with Crippen molar-refractivity contribution in [3.05, 3.63) is 12.2 Å². The average Bonchev–Trinajstić information content (AvgIpc) is 2.69. The maximum absolute atomic E-state index is 4.92. The van der Waals surface area contributed by atoms with Gasteiger partial charge in [0.15, 0.2) is 6.33 Å². The minimum atomic E-state index is 0.735. The molecule has 72 valence electrons. The molecule has 0 spiro atoms. The van der Waals surface area contributed by atoms with Crippen LogP contribution in [0.15, 0.2) is 10.9 Å². The van der Waals surface area contributed by atoms with E-state index < -0.39 is 0 Å². The fraction of sp³-hybridized carbons (Fsp3) is 0.750. The zero-order valence-corrected chi connectivity index (χ0v) is 7.57. The van der Waals surface area contributed by atoms with Crippen LogP contribution in [0.4, 0.5) is 0 Å². The summed E-state index contributed by atoms with van der Waals surface area (Å²) in [6.07, 6.45) is 2.31. The van der Waals surface area contributed by atoms with Gasteiger partial charge in [-0.1, -0.05) is 5.16 Å². The molecule has 1 aromatic rings. The highest BCUT2D eigenvalue weighted by Gasteiger charge is 2.10. The van der Waals surface area contributed by atoms with E-state index in [1.165, 1.54) is 6.33 Å². The van der Waals surface area contributed by atoms with Crippen LogP contribution >= 0.6 is 0 Å². The van der Waals surface area contributed by atoms with E-state index in [9.17, 15) is 0 Å². The third-order valence-electron chi connectivity index (χ3n) is 2.26. The first-order valence-corrected chi connectivity index (χ1v) is 4.64. The second kappa shape index (κ2) is 4.34. The Morgan fingerprint density at radius 3 is 3.00 bits per heavy atom. The summed E-state index contributed by atoms with van der Waals surface area (Å²) < 4.78 is 4.92. The second-order valence-electron chi connectivity index (χ2n) is 3.18. The highest BCUT2D eigenvalue weighted by Crippen LogP contribution is 1.97. The van der Waals surface area contributed by atoms with Gasteiger partial charge in [0, 0.05) is 39.1 Å². The molecule has 2 rings (SSSR count). The van der Waals surface area contributed by atoms with Crippen molar-refractivity contribution in [3.63, 3.8) is 0 Å². The molecule has 0 radical (unpaired) electrons. The van der Waals surface area contributed by atoms with Crippen molar-refractivity contribution in [2.24, 2.45) is 0 Å². The van der Waals surface area contributed by atoms with E-state index in [-0.39, 0.29) is 0 Å². The first-order chi connectivity index (χ1) is 6.45. The number of nitrogens with one attached hydrogen (secondary N) is 1. The topological polar surface area (TPSA) is 54.2 Å². The minimum Gasteiger partial charge on any atom is -0.340 e. The Morgan fingerprint density at radius 2 is 2.31 bits per heavy atom. The summed E-state index contributed by atoms with van der Waals surface area (Å²) in [6.45, 7) is 5.43. The summed E-state index contributed by atoms with van der Waals surface area (Å²) in [5.74, 6) is 0.735. The molecule has 2 heterocycles. The first-order valence-electron chi connectivity index (χ1n) is 4.64. The van der Waals surface area contributed by atoms with Gasteiger partial charge in [-0.15, -0.1) is 0 Å². The summed E-state index contributed by atoms with van der Waals surface area (Å²) >= 11 is 0. The Morgan fingerprint density at radius 1 is 1.46 bits per heavy atom. The molecule has 1 aromatic heterocycles. The maximum Gasteiger partial charge on any atom is 0.227 e. The highest BCUT2D eigenvalue weighted by molar-refractivity contribution is 4.77. The molecule has 0 unspecified atom stereocenters. The van der Waals surface area contributed by atoms with Crippen molar-refractivity contribution in [1.29, 1.82) is 0 Å². The van der Waals surface area contributed by atoms with Gasteiger partial charge in [-0.3, -0.25) is 0 Å². The van der Waals surface area contributed by atoms with Crippen molar-refractivity contribution in [2.45, 2.75) is 6.42 Å². The summed E-state index contributed by atoms with van der Waals surface area (Å²) in [4.78, 5) is 6.38. The van der Waals surface area contributed by atoms with E-state index in [1.54, 1.807) is 0 Å². The normalized spacial score (nSPS) is 19.1. The van der Waals surface area contributed by atoms with Gasteiger partial charge in [-0.05, 0) is 0 Å². The molecule has 0 bridgehead atoms. The zero-order valence-electron chi connectivity index (χ0n) is 7.57. The van der Waals surface area contributed by atoms with Gasteiger partial charge in [-0.25, -0.2) is 0 Å². The Labute approximate surface area is 77.1 Å². The fourth-order valence-corrected chi connectivity index (χ4v) is 1.49. The smallest absolute Gasteiger partial charge is 0.227 e. The molecule has 0 aromatic carbocycles. The molecule has 1 saturated heterocycles. The number of piperazine rings is 1. The summed E-state index contributed by atoms with van der Waals surface area (Å²) in [7, 11) is 0. The molecule has 1 fully saturated rings. The molecule has 5 heteroatoms. The van der Waals surface area contributed by atoms with Crippen LogP contribution in [0.5, 0.6) is 0 Å². The Balaban J connectivity index is 1.72. The molecule has 5 nitrogen and oxygen atoms in total. The van der Waals surface area contributed by atoms with Crippen LogP contribution in [0, 0.1) is 0 Å². The van der Waals surface area contributed by atoms with Crippen LogP contribution in [0.2, 0.25) is 0 Å². The molecule has 0 atom stereocenters. The Kier molecular flexibility index (Phi) is 2.89. The second-order valence-corrected chi connectivity index (χ2v) is 3.18. The van der Waals surface area contributed by atoms with Gasteiger partial charge >= 0.3 is 0 Å². The van der Waals surface area contributed by atoms with Crippen molar-refractivity contribution in [3.8, 4) is 0 Å². The summed E-state index contributed by atoms with van der Waals surface area (Å²) in [6, 6.07) is 0. The molecule has 0 amide bonds. The quantitative estimate of drug-likeness (QED) is 0.684. The van der Waals surface area contributed by atoms with Gasteiger partial charge < -0.3 is 14.7 Å². The van der Waals surface area contributed by atoms with E-state index in [0.717, 1.165) is 45.0 Å². The molecular weight excluding hydrogens is 168 g/mol. The van der Waals surface area contributed by atoms with Gasteiger partial charge in [0.05, 0.1) is 0 Å². The molecule has 0 aliphatic carbocycles. The number of aromatic nitrogens is 2. The number of rotatable bonds is 3. The predicted molar refractivity (Wildman–Crippen MR) is 47.3 cm³/mol. The van der Waals surface area contributed by atoms with Gasteiger partial charge in [-0.2, -0.15) is 4.98 Å². The standard InChI is InChI=1S/C8H14N4O/c1(8-10-7-11-13-8)4-12-5-2-9-3-6-12/h7,9H,1-6H2. The van der Waals surface area contributed by atoms with Crippen molar-refractivity contribution in [1.82, 2.24) is 20.4 Å². The van der Waals surface area contributed by atoms with Crippen molar-refractivity contribution < 1.29 is 4.52 Å². The van der Waals surface area contributed by atoms with E-state index in [1.807, 2.05) is 0 Å². The minimum absolute atomic E-state index is 0.735. The lowest BCUT2D eigenvalue weighted by atomic mass is 10.3. The molecule has 1 aliphatic heterocycles. The summed E-state index contributed by atoms with van der Waals surface area (Å²) in [5, 5.41) is 6.88. The van der Waals surface area contributed by atoms with E-state index in [2.05, 4.69) is 20.4 Å². The summed E-state index contributed by atoms with van der Waals surface area (Å²) in [5.41, 5.74) is 0. The van der Waals surface area contributed by atoms with Gasteiger partial charge in [0.1, 0.15) is 0 Å². The molecule has 1 N–H and O–H groups in total. The lowest BCUT2D eigenvalue weighted by molar-refractivity contribution is 0.234. The van der Waals surface area contributed by atoms with Gasteiger partial charge in [0.25, 0.3) is 0 Å².